The van der Waals surface area contributed by atoms with E-state index in [1.165, 1.54) is 16.8 Å². The summed E-state index contributed by atoms with van der Waals surface area (Å²) >= 11 is 0. The minimum absolute atomic E-state index is 0.0410. The van der Waals surface area contributed by atoms with Crippen molar-refractivity contribution < 1.29 is 23.1 Å². The molecular formula is C24H34N3O7P. The molecule has 3 rings (SSSR count). The topological polar surface area (TPSA) is 121 Å². The van der Waals surface area contributed by atoms with Gasteiger partial charge in [0.1, 0.15) is 17.7 Å². The van der Waals surface area contributed by atoms with Crippen molar-refractivity contribution in [1.82, 2.24) is 14.6 Å². The Kier molecular flexibility index (Phi) is 8.77. The summed E-state index contributed by atoms with van der Waals surface area (Å²) in [6.45, 7) is 13.3. The highest BCUT2D eigenvalue weighted by atomic mass is 31.2. The molecule has 0 aliphatic carbocycles. The lowest BCUT2D eigenvalue weighted by Gasteiger charge is -2.27. The van der Waals surface area contributed by atoms with Crippen molar-refractivity contribution in [3.05, 3.63) is 75.8 Å². The zero-order chi connectivity index (χ0) is 25.8. The molecule has 0 bridgehead atoms. The monoisotopic (exact) mass is 507 g/mol. The first-order valence-corrected chi connectivity index (χ1v) is 13.1. The molecule has 1 fully saturated rings. The Balaban J connectivity index is 1.75. The fraction of sp³-hybridized carbons (Fsp3) is 0.500. The lowest BCUT2D eigenvalue weighted by molar-refractivity contribution is -0.0348. The number of hydrogen-bond donors (Lipinski definition) is 2. The Morgan fingerprint density at radius 1 is 1.17 bits per heavy atom. The molecule has 1 aromatic carbocycles. The number of aromatic nitrogens is 2. The van der Waals surface area contributed by atoms with Gasteiger partial charge in [0.15, 0.2) is 0 Å². The highest BCUT2D eigenvalue weighted by Gasteiger charge is 2.42. The van der Waals surface area contributed by atoms with E-state index in [9.17, 15) is 14.2 Å². The lowest BCUT2D eigenvalue weighted by Crippen LogP contribution is -2.33. The van der Waals surface area contributed by atoms with E-state index in [1.807, 2.05) is 33.8 Å². The summed E-state index contributed by atoms with van der Waals surface area (Å²) in [5.41, 5.74) is -1.03. The summed E-state index contributed by atoms with van der Waals surface area (Å²) in [7, 11) is -3.89. The first-order chi connectivity index (χ1) is 16.5. The highest BCUT2D eigenvalue weighted by molar-refractivity contribution is 7.52. The van der Waals surface area contributed by atoms with Crippen LogP contribution in [0.2, 0.25) is 0 Å². The molecule has 0 spiro atoms. The van der Waals surface area contributed by atoms with Gasteiger partial charge in [-0.2, -0.15) is 0 Å². The van der Waals surface area contributed by atoms with E-state index >= 15 is 0 Å². The summed E-state index contributed by atoms with van der Waals surface area (Å²) < 4.78 is 38.5. The third kappa shape index (κ3) is 6.95. The Morgan fingerprint density at radius 2 is 1.86 bits per heavy atom. The first kappa shape index (κ1) is 26.9. The van der Waals surface area contributed by atoms with E-state index in [0.29, 0.717) is 11.5 Å². The van der Waals surface area contributed by atoms with E-state index in [4.69, 9.17) is 18.5 Å². The quantitative estimate of drug-likeness (QED) is 0.348. The van der Waals surface area contributed by atoms with Gasteiger partial charge in [-0.3, -0.25) is 18.9 Å². The number of para-hydroxylation sites is 1. The largest absolute Gasteiger partial charge is 0.494 e. The number of aromatic amines is 1. The van der Waals surface area contributed by atoms with Crippen molar-refractivity contribution in [1.29, 1.82) is 0 Å². The van der Waals surface area contributed by atoms with Crippen LogP contribution in [0.3, 0.4) is 0 Å². The average molecular weight is 508 g/mol. The second kappa shape index (κ2) is 11.4. The molecule has 0 saturated carbocycles. The van der Waals surface area contributed by atoms with Crippen molar-refractivity contribution in [2.24, 2.45) is 11.8 Å². The van der Waals surface area contributed by atoms with E-state index in [-0.39, 0.29) is 24.5 Å². The third-order valence-corrected chi connectivity index (χ3v) is 7.55. The minimum atomic E-state index is -3.89. The minimum Gasteiger partial charge on any atom is -0.494 e. The molecule has 0 radical (unpaired) electrons. The van der Waals surface area contributed by atoms with Gasteiger partial charge in [-0.25, -0.2) is 14.4 Å². The van der Waals surface area contributed by atoms with Gasteiger partial charge in [0.25, 0.3) is 5.56 Å². The van der Waals surface area contributed by atoms with Crippen LogP contribution in [0, 0.1) is 11.8 Å². The van der Waals surface area contributed by atoms with Crippen molar-refractivity contribution in [3.8, 4) is 5.75 Å². The molecular weight excluding hydrogens is 473 g/mol. The number of rotatable bonds is 11. The molecule has 10 nitrogen and oxygen atoms in total. The van der Waals surface area contributed by atoms with Crippen LogP contribution < -0.4 is 20.9 Å². The van der Waals surface area contributed by atoms with Gasteiger partial charge in [0, 0.05) is 18.2 Å². The molecule has 0 amide bonds. The van der Waals surface area contributed by atoms with Crippen LogP contribution in [0.4, 0.5) is 0 Å². The van der Waals surface area contributed by atoms with Gasteiger partial charge in [-0.15, -0.1) is 0 Å². The van der Waals surface area contributed by atoms with Crippen molar-refractivity contribution in [2.75, 3.05) is 6.61 Å². The number of ether oxygens (including phenoxy) is 2. The van der Waals surface area contributed by atoms with Crippen LogP contribution in [-0.4, -0.2) is 34.4 Å². The fourth-order valence-corrected chi connectivity index (χ4v) is 5.30. The number of nitrogens with one attached hydrogen (secondary N) is 2. The molecule has 192 valence electrons. The lowest BCUT2D eigenvalue weighted by atomic mass is 9.93. The van der Waals surface area contributed by atoms with E-state index in [2.05, 4.69) is 16.7 Å². The Hall–Kier alpha value is -2.65. The Labute approximate surface area is 204 Å². The highest BCUT2D eigenvalue weighted by Crippen LogP contribution is 2.47. The molecule has 2 N–H and O–H groups in total. The second-order valence-corrected chi connectivity index (χ2v) is 10.7. The number of nitrogens with zero attached hydrogens (tertiary/aromatic N) is 1. The maximum absolute atomic E-state index is 13.8. The van der Waals surface area contributed by atoms with Crippen molar-refractivity contribution in [3.63, 3.8) is 0 Å². The smallest absolute Gasteiger partial charge is 0.459 e. The third-order valence-electron chi connectivity index (χ3n) is 5.90. The van der Waals surface area contributed by atoms with Crippen LogP contribution >= 0.6 is 7.75 Å². The van der Waals surface area contributed by atoms with Crippen LogP contribution in [-0.2, 0) is 18.6 Å². The standard InChI is InChI=1S/C24H34N3O7P/c1-15(2)32-19(6)18(5)26-35(30,34-20-10-8-7-9-11-20)31-14-21-16(3)17(4)23(33-21)27-13-12-22(28)25-24(27)29/h7-13,15-18,21,23H,6,14H2,1-5H3,(H,26,30)(H,25,28,29)/t16-,17-,18-,21+,23+,35?/m0/s1. The maximum atomic E-state index is 13.8. The molecule has 11 heteroatoms. The Bertz CT molecular complexity index is 1160. The van der Waals surface area contributed by atoms with Gasteiger partial charge in [0.2, 0.25) is 0 Å². The van der Waals surface area contributed by atoms with Gasteiger partial charge >= 0.3 is 13.4 Å². The molecule has 6 atom stereocenters. The summed E-state index contributed by atoms with van der Waals surface area (Å²) in [6.07, 6.45) is 0.229. The van der Waals surface area contributed by atoms with E-state index in [0.717, 1.165) is 0 Å². The summed E-state index contributed by atoms with van der Waals surface area (Å²) in [4.78, 5) is 25.9. The van der Waals surface area contributed by atoms with Crippen molar-refractivity contribution >= 4 is 7.75 Å². The van der Waals surface area contributed by atoms with Crippen molar-refractivity contribution in [2.45, 2.75) is 59.1 Å². The Morgan fingerprint density at radius 3 is 2.49 bits per heavy atom. The predicted molar refractivity (Wildman–Crippen MR) is 132 cm³/mol. The maximum Gasteiger partial charge on any atom is 0.459 e. The molecule has 1 saturated heterocycles. The number of H-pyrrole nitrogens is 1. The summed E-state index contributed by atoms with van der Waals surface area (Å²) in [6, 6.07) is 9.45. The summed E-state index contributed by atoms with van der Waals surface area (Å²) in [5, 5.41) is 2.89. The molecule has 1 aliphatic heterocycles. The van der Waals surface area contributed by atoms with Gasteiger partial charge < -0.3 is 14.0 Å². The SMILES string of the molecule is C=C(OC(C)C)[C@H](C)NP(=O)(OC[C@H]1O[C@@H](n2ccc(=O)[nH]c2=O)[C@@H](C)[C@@H]1C)Oc1ccccc1. The molecule has 1 unspecified atom stereocenters. The predicted octanol–water partition coefficient (Wildman–Crippen LogP) is 3.83. The van der Waals surface area contributed by atoms with Gasteiger partial charge in [0.05, 0.1) is 24.9 Å². The molecule has 2 aromatic rings. The number of benzene rings is 1. The second-order valence-electron chi connectivity index (χ2n) is 8.98. The molecule has 35 heavy (non-hydrogen) atoms. The van der Waals surface area contributed by atoms with Gasteiger partial charge in [-0.1, -0.05) is 38.6 Å². The molecule has 1 aromatic heterocycles. The van der Waals surface area contributed by atoms with Crippen LogP contribution in [0.15, 0.2) is 64.5 Å². The van der Waals surface area contributed by atoms with E-state index in [1.54, 1.807) is 31.2 Å². The first-order valence-electron chi connectivity index (χ1n) is 11.6. The normalized spacial score (nSPS) is 24.6. The zero-order valence-electron chi connectivity index (χ0n) is 20.7. The van der Waals surface area contributed by atoms with Crippen LogP contribution in [0.5, 0.6) is 5.75 Å². The molecule has 2 heterocycles. The summed E-state index contributed by atoms with van der Waals surface area (Å²) in [5.74, 6) is 0.655. The van der Waals surface area contributed by atoms with E-state index < -0.39 is 37.4 Å². The van der Waals surface area contributed by atoms with Crippen LogP contribution in [0.1, 0.15) is 40.8 Å². The number of hydrogen-bond acceptors (Lipinski definition) is 7. The fourth-order valence-electron chi connectivity index (χ4n) is 3.76. The van der Waals surface area contributed by atoms with Crippen LogP contribution in [0.25, 0.3) is 0 Å². The average Bonchev–Trinajstić information content (AvgIpc) is 3.06. The van der Waals surface area contributed by atoms with Gasteiger partial charge in [-0.05, 0) is 38.8 Å². The molecule has 1 aliphatic rings. The zero-order valence-corrected chi connectivity index (χ0v) is 21.6.